The Morgan fingerprint density at radius 3 is 2.79 bits per heavy atom. The van der Waals surface area contributed by atoms with Crippen LogP contribution in [-0.2, 0) is 10.0 Å². The normalized spacial score (nSPS) is 12.0. The van der Waals surface area contributed by atoms with Crippen LogP contribution in [0, 0.1) is 0 Å². The van der Waals surface area contributed by atoms with Gasteiger partial charge in [-0.2, -0.15) is 9.61 Å². The third-order valence-electron chi connectivity index (χ3n) is 4.37. The molecule has 0 saturated carbocycles. The van der Waals surface area contributed by atoms with Crippen LogP contribution >= 0.6 is 27.5 Å². The molecule has 0 saturated heterocycles. The lowest BCUT2D eigenvalue weighted by atomic mass is 10.1. The van der Waals surface area contributed by atoms with Gasteiger partial charge in [0.2, 0.25) is 10.0 Å². The minimum absolute atomic E-state index is 0.102. The number of benzene rings is 1. The van der Waals surface area contributed by atoms with E-state index < -0.39 is 10.0 Å². The lowest BCUT2D eigenvalue weighted by Crippen LogP contribution is -2.30. The third kappa shape index (κ3) is 4.48. The Morgan fingerprint density at radius 2 is 2.07 bits per heavy atom. The molecule has 3 aromatic rings. The predicted molar refractivity (Wildman–Crippen MR) is 116 cm³/mol. The summed E-state index contributed by atoms with van der Waals surface area (Å²) in [6, 6.07) is 9.42. The first-order valence-electron chi connectivity index (χ1n) is 8.80. The smallest absolute Gasteiger partial charge is 0.213 e. The lowest BCUT2D eigenvalue weighted by Gasteiger charge is -2.16. The van der Waals surface area contributed by atoms with Crippen molar-refractivity contribution in [3.8, 4) is 11.3 Å². The van der Waals surface area contributed by atoms with Crippen LogP contribution in [0.2, 0.25) is 5.02 Å². The fraction of sp³-hybridized carbons (Fsp3) is 0.333. The molecule has 0 unspecified atom stereocenters. The van der Waals surface area contributed by atoms with Crippen molar-refractivity contribution in [2.45, 2.75) is 13.3 Å². The summed E-state index contributed by atoms with van der Waals surface area (Å²) >= 11 is 9.81. The number of hydrogen-bond donors (Lipinski definition) is 1. The molecule has 0 bridgehead atoms. The van der Waals surface area contributed by atoms with Gasteiger partial charge in [0.25, 0.3) is 0 Å². The quantitative estimate of drug-likeness (QED) is 0.489. The van der Waals surface area contributed by atoms with Gasteiger partial charge in [-0.05, 0) is 35.3 Å². The van der Waals surface area contributed by atoms with Crippen molar-refractivity contribution in [2.24, 2.45) is 0 Å². The van der Waals surface area contributed by atoms with E-state index in [1.54, 1.807) is 24.7 Å². The van der Waals surface area contributed by atoms with E-state index in [1.807, 2.05) is 30.3 Å². The zero-order chi connectivity index (χ0) is 20.3. The highest BCUT2D eigenvalue weighted by atomic mass is 79.9. The Kier molecular flexibility index (Phi) is 6.59. The summed E-state index contributed by atoms with van der Waals surface area (Å²) in [5.74, 6) is 0.858. The molecule has 0 fully saturated rings. The Hall–Kier alpha value is -1.68. The van der Waals surface area contributed by atoms with Gasteiger partial charge in [-0.15, -0.1) is 0 Å². The maximum Gasteiger partial charge on any atom is 0.213 e. The number of halogens is 2. The second-order valence-electron chi connectivity index (χ2n) is 6.24. The fourth-order valence-corrected chi connectivity index (χ4v) is 4.18. The van der Waals surface area contributed by atoms with Crippen LogP contribution < -0.4 is 5.32 Å². The minimum atomic E-state index is -3.17. The molecule has 0 spiro atoms. The van der Waals surface area contributed by atoms with Crippen molar-refractivity contribution < 1.29 is 8.42 Å². The second kappa shape index (κ2) is 8.77. The van der Waals surface area contributed by atoms with Crippen molar-refractivity contribution in [2.75, 3.05) is 31.2 Å². The van der Waals surface area contributed by atoms with Crippen molar-refractivity contribution in [3.05, 3.63) is 46.0 Å². The van der Waals surface area contributed by atoms with Gasteiger partial charge in [-0.1, -0.05) is 29.8 Å². The topological polar surface area (TPSA) is 79.6 Å². The Bertz CT molecular complexity index is 1090. The first-order chi connectivity index (χ1) is 13.3. The minimum Gasteiger partial charge on any atom is -0.370 e. The number of fused-ring (bicyclic) bond motifs is 1. The summed E-state index contributed by atoms with van der Waals surface area (Å²) in [5.41, 5.74) is 2.23. The Morgan fingerprint density at radius 1 is 1.32 bits per heavy atom. The molecule has 28 heavy (non-hydrogen) atoms. The Balaban J connectivity index is 1.82. The van der Waals surface area contributed by atoms with Gasteiger partial charge in [0, 0.05) is 36.8 Å². The van der Waals surface area contributed by atoms with Crippen molar-refractivity contribution in [1.82, 2.24) is 18.9 Å². The van der Waals surface area contributed by atoms with Crippen LogP contribution in [0.25, 0.3) is 16.9 Å². The molecule has 2 aromatic heterocycles. The summed E-state index contributed by atoms with van der Waals surface area (Å²) in [7, 11) is -1.56. The van der Waals surface area contributed by atoms with Crippen LogP contribution in [0.3, 0.4) is 0 Å². The molecular formula is C18H21BrClN5O2S. The molecule has 0 amide bonds. The fourth-order valence-electron chi connectivity index (χ4n) is 2.75. The van der Waals surface area contributed by atoms with E-state index in [1.165, 1.54) is 4.31 Å². The molecule has 1 N–H and O–H groups in total. The highest BCUT2D eigenvalue weighted by molar-refractivity contribution is 9.10. The first-order valence-corrected chi connectivity index (χ1v) is 11.6. The average molecular weight is 487 g/mol. The number of rotatable bonds is 8. The van der Waals surface area contributed by atoms with E-state index >= 15 is 0 Å². The second-order valence-corrected chi connectivity index (χ2v) is 9.86. The van der Waals surface area contributed by atoms with Crippen molar-refractivity contribution in [1.29, 1.82) is 0 Å². The molecule has 7 nitrogen and oxygen atoms in total. The van der Waals surface area contributed by atoms with E-state index in [9.17, 15) is 8.42 Å². The molecule has 1 aromatic carbocycles. The molecule has 3 rings (SSSR count). The molecular weight excluding hydrogens is 466 g/mol. The van der Waals surface area contributed by atoms with E-state index in [2.05, 4.69) is 31.3 Å². The molecule has 0 aliphatic heterocycles. The molecule has 2 heterocycles. The van der Waals surface area contributed by atoms with Gasteiger partial charge in [0.05, 0.1) is 22.1 Å². The number of nitrogens with one attached hydrogen (secondary N) is 1. The standard InChI is InChI=1S/C18H21BrClN5O2S/c1-3-28(26,27)24(2)10-6-9-21-17-11-16(13-7-4-5-8-15(13)20)23-18-14(19)12-22-25(17)18/h4-5,7-8,11-12,21H,3,6,9-10H2,1-2H3. The van der Waals surface area contributed by atoms with Gasteiger partial charge < -0.3 is 5.32 Å². The van der Waals surface area contributed by atoms with E-state index in [4.69, 9.17) is 11.6 Å². The van der Waals surface area contributed by atoms with Gasteiger partial charge in [0.15, 0.2) is 5.65 Å². The summed E-state index contributed by atoms with van der Waals surface area (Å²) < 4.78 is 27.5. The molecule has 0 aliphatic carbocycles. The molecule has 0 radical (unpaired) electrons. The van der Waals surface area contributed by atoms with Crippen molar-refractivity contribution >= 4 is 49.0 Å². The number of nitrogens with zero attached hydrogens (tertiary/aromatic N) is 4. The Labute approximate surface area is 177 Å². The summed E-state index contributed by atoms with van der Waals surface area (Å²) in [5, 5.41) is 8.30. The molecule has 0 aliphatic rings. The maximum absolute atomic E-state index is 11.8. The van der Waals surface area contributed by atoms with E-state index in [0.717, 1.165) is 21.5 Å². The SMILES string of the molecule is CCS(=O)(=O)N(C)CCCNc1cc(-c2ccccc2Cl)nc2c(Br)cnn12. The number of sulfonamides is 1. The highest BCUT2D eigenvalue weighted by Gasteiger charge is 2.15. The first kappa shape index (κ1) is 21.0. The highest BCUT2D eigenvalue weighted by Crippen LogP contribution is 2.30. The molecule has 150 valence electrons. The van der Waals surface area contributed by atoms with Crippen LogP contribution in [0.15, 0.2) is 41.0 Å². The molecule has 10 heteroatoms. The maximum atomic E-state index is 11.8. The number of hydrogen-bond acceptors (Lipinski definition) is 5. The number of aromatic nitrogens is 3. The monoisotopic (exact) mass is 485 g/mol. The molecule has 0 atom stereocenters. The summed E-state index contributed by atoms with van der Waals surface area (Å²) in [4.78, 5) is 4.67. The zero-order valence-corrected chi connectivity index (χ0v) is 18.7. The largest absolute Gasteiger partial charge is 0.370 e. The van der Waals surface area contributed by atoms with Gasteiger partial charge in [-0.25, -0.2) is 17.7 Å². The van der Waals surface area contributed by atoms with Gasteiger partial charge in [-0.3, -0.25) is 0 Å². The van der Waals surface area contributed by atoms with Gasteiger partial charge in [0.1, 0.15) is 5.82 Å². The summed E-state index contributed by atoms with van der Waals surface area (Å²) in [6.07, 6.45) is 2.34. The zero-order valence-electron chi connectivity index (χ0n) is 15.6. The van der Waals surface area contributed by atoms with E-state index in [-0.39, 0.29) is 5.75 Å². The average Bonchev–Trinajstić information content (AvgIpc) is 3.06. The van der Waals surface area contributed by atoms with Crippen LogP contribution in [0.1, 0.15) is 13.3 Å². The van der Waals surface area contributed by atoms with Crippen LogP contribution in [-0.4, -0.2) is 53.2 Å². The summed E-state index contributed by atoms with van der Waals surface area (Å²) in [6.45, 7) is 2.67. The van der Waals surface area contributed by atoms with Crippen LogP contribution in [0.4, 0.5) is 5.82 Å². The number of anilines is 1. The predicted octanol–water partition coefficient (Wildman–Crippen LogP) is 3.90. The third-order valence-corrected chi connectivity index (χ3v) is 7.13. The van der Waals surface area contributed by atoms with Crippen LogP contribution in [0.5, 0.6) is 0 Å². The van der Waals surface area contributed by atoms with Gasteiger partial charge >= 0.3 is 0 Å². The van der Waals surface area contributed by atoms with E-state index in [0.29, 0.717) is 30.2 Å². The lowest BCUT2D eigenvalue weighted by molar-refractivity contribution is 0.466. The van der Waals surface area contributed by atoms with Crippen molar-refractivity contribution in [3.63, 3.8) is 0 Å².